The summed E-state index contributed by atoms with van der Waals surface area (Å²) in [7, 11) is 0. The van der Waals surface area contributed by atoms with Crippen molar-refractivity contribution in [2.24, 2.45) is 11.8 Å². The fourth-order valence-corrected chi connectivity index (χ4v) is 3.50. The summed E-state index contributed by atoms with van der Waals surface area (Å²) in [4.78, 5) is 8.82. The number of anilines is 1. The second kappa shape index (κ2) is 6.71. The van der Waals surface area contributed by atoms with E-state index in [1.54, 1.807) is 6.20 Å². The van der Waals surface area contributed by atoms with E-state index in [0.717, 1.165) is 34.2 Å². The molecule has 112 valence electrons. The van der Waals surface area contributed by atoms with Crippen molar-refractivity contribution >= 4 is 32.7 Å². The summed E-state index contributed by atoms with van der Waals surface area (Å²) in [5, 5.41) is 13.0. The molecule has 0 aromatic carbocycles. The van der Waals surface area contributed by atoms with Crippen LogP contribution in [-0.4, -0.2) is 28.2 Å². The molecule has 2 N–H and O–H groups in total. The summed E-state index contributed by atoms with van der Waals surface area (Å²) in [6, 6.07) is 3.95. The highest BCUT2D eigenvalue weighted by Crippen LogP contribution is 2.30. The van der Waals surface area contributed by atoms with Crippen molar-refractivity contribution < 1.29 is 5.11 Å². The van der Waals surface area contributed by atoms with Crippen molar-refractivity contribution in [1.82, 2.24) is 9.97 Å². The largest absolute Gasteiger partial charge is 0.396 e. The van der Waals surface area contributed by atoms with E-state index in [1.807, 2.05) is 18.3 Å². The Balaban J connectivity index is 1.75. The van der Waals surface area contributed by atoms with E-state index in [4.69, 9.17) is 0 Å². The van der Waals surface area contributed by atoms with Gasteiger partial charge in [0, 0.05) is 30.0 Å². The second-order valence-corrected chi connectivity index (χ2v) is 6.66. The number of rotatable bonds is 4. The van der Waals surface area contributed by atoms with Gasteiger partial charge in [0.25, 0.3) is 0 Å². The van der Waals surface area contributed by atoms with Crippen LogP contribution in [0.1, 0.15) is 25.7 Å². The molecule has 0 saturated heterocycles. The Hall–Kier alpha value is -1.20. The fraction of sp³-hybridized carbons (Fsp3) is 0.500. The number of hydrogen-bond acceptors (Lipinski definition) is 4. The maximum atomic E-state index is 9.51. The molecule has 2 atom stereocenters. The van der Waals surface area contributed by atoms with Gasteiger partial charge in [0.15, 0.2) is 0 Å². The van der Waals surface area contributed by atoms with Gasteiger partial charge in [-0.1, -0.05) is 12.8 Å². The Morgan fingerprint density at radius 3 is 2.86 bits per heavy atom. The van der Waals surface area contributed by atoms with Gasteiger partial charge in [-0.15, -0.1) is 0 Å². The van der Waals surface area contributed by atoms with E-state index in [1.165, 1.54) is 19.3 Å². The van der Waals surface area contributed by atoms with Crippen LogP contribution in [0.3, 0.4) is 0 Å². The molecular weight excluding hydrogens is 330 g/mol. The third kappa shape index (κ3) is 3.35. The number of fused-ring (bicyclic) bond motifs is 1. The molecule has 1 aliphatic carbocycles. The van der Waals surface area contributed by atoms with Crippen LogP contribution in [0, 0.1) is 11.8 Å². The van der Waals surface area contributed by atoms with E-state index in [2.05, 4.69) is 31.2 Å². The molecule has 1 saturated carbocycles. The normalized spacial score (nSPS) is 22.4. The zero-order valence-corrected chi connectivity index (χ0v) is 13.5. The van der Waals surface area contributed by atoms with E-state index in [0.29, 0.717) is 18.4 Å². The number of nitrogens with zero attached hydrogens (tertiary/aromatic N) is 2. The number of aliphatic hydroxyl groups excluding tert-OH is 1. The molecule has 4 nitrogen and oxygen atoms in total. The number of aromatic nitrogens is 2. The lowest BCUT2D eigenvalue weighted by Crippen LogP contribution is -2.28. The molecule has 1 aliphatic rings. The first kappa shape index (κ1) is 14.7. The van der Waals surface area contributed by atoms with Crippen LogP contribution in [-0.2, 0) is 0 Å². The molecule has 21 heavy (non-hydrogen) atoms. The Kier molecular flexibility index (Phi) is 4.70. The average molecular weight is 350 g/mol. The Morgan fingerprint density at radius 2 is 2.05 bits per heavy atom. The number of nitrogens with one attached hydrogen (secondary N) is 1. The van der Waals surface area contributed by atoms with Gasteiger partial charge >= 0.3 is 0 Å². The van der Waals surface area contributed by atoms with E-state index in [9.17, 15) is 5.11 Å². The van der Waals surface area contributed by atoms with Gasteiger partial charge in [-0.2, -0.15) is 0 Å². The first-order valence-electron chi connectivity index (χ1n) is 7.53. The minimum Gasteiger partial charge on any atom is -0.396 e. The SMILES string of the molecule is OCC1CCCCC1CNc1ccnc2cc(Br)cnc12. The van der Waals surface area contributed by atoms with Crippen molar-refractivity contribution in [2.45, 2.75) is 25.7 Å². The van der Waals surface area contributed by atoms with Gasteiger partial charge < -0.3 is 10.4 Å². The molecule has 2 aromatic rings. The van der Waals surface area contributed by atoms with E-state index >= 15 is 0 Å². The first-order valence-corrected chi connectivity index (χ1v) is 8.32. The van der Waals surface area contributed by atoms with Crippen LogP contribution in [0.2, 0.25) is 0 Å². The summed E-state index contributed by atoms with van der Waals surface area (Å²) < 4.78 is 0.937. The highest BCUT2D eigenvalue weighted by Gasteiger charge is 2.24. The van der Waals surface area contributed by atoms with Gasteiger partial charge in [-0.3, -0.25) is 9.97 Å². The Morgan fingerprint density at radius 1 is 1.24 bits per heavy atom. The molecule has 2 aromatic heterocycles. The summed E-state index contributed by atoms with van der Waals surface area (Å²) in [5.41, 5.74) is 2.81. The zero-order chi connectivity index (χ0) is 14.7. The van der Waals surface area contributed by atoms with E-state index in [-0.39, 0.29) is 0 Å². The number of halogens is 1. The monoisotopic (exact) mass is 349 g/mol. The first-order chi connectivity index (χ1) is 10.3. The minimum absolute atomic E-state index is 0.300. The van der Waals surface area contributed by atoms with Crippen molar-refractivity contribution in [2.75, 3.05) is 18.5 Å². The molecular formula is C16H20BrN3O. The molecule has 1 fully saturated rings. The van der Waals surface area contributed by atoms with Gasteiger partial charge in [0.2, 0.25) is 0 Å². The molecule has 2 heterocycles. The lowest BCUT2D eigenvalue weighted by Gasteiger charge is -2.30. The molecule has 0 amide bonds. The van der Waals surface area contributed by atoms with Crippen LogP contribution in [0.5, 0.6) is 0 Å². The fourth-order valence-electron chi connectivity index (χ4n) is 3.18. The van der Waals surface area contributed by atoms with Gasteiger partial charge in [0.05, 0.1) is 11.2 Å². The third-order valence-corrected chi connectivity index (χ3v) is 4.83. The average Bonchev–Trinajstić information content (AvgIpc) is 2.52. The molecule has 0 bridgehead atoms. The van der Waals surface area contributed by atoms with Crippen LogP contribution in [0.25, 0.3) is 11.0 Å². The third-order valence-electron chi connectivity index (χ3n) is 4.40. The Labute approximate surface area is 133 Å². The van der Waals surface area contributed by atoms with Crippen molar-refractivity contribution in [3.8, 4) is 0 Å². The highest BCUT2D eigenvalue weighted by atomic mass is 79.9. The standard InChI is InChI=1S/C16H20BrN3O/c17-13-7-15-16(20-9-13)14(5-6-18-15)19-8-11-3-1-2-4-12(11)10-21/h5-7,9,11-12,21H,1-4,8,10H2,(H,18,19). The van der Waals surface area contributed by atoms with Crippen LogP contribution < -0.4 is 5.32 Å². The quantitative estimate of drug-likeness (QED) is 0.885. The lowest BCUT2D eigenvalue weighted by molar-refractivity contribution is 0.141. The summed E-state index contributed by atoms with van der Waals surface area (Å²) in [5.74, 6) is 0.976. The molecule has 0 spiro atoms. The van der Waals surface area contributed by atoms with E-state index < -0.39 is 0 Å². The molecule has 0 radical (unpaired) electrons. The number of pyridine rings is 2. The van der Waals surface area contributed by atoms with Gasteiger partial charge in [-0.25, -0.2) is 0 Å². The summed E-state index contributed by atoms with van der Waals surface area (Å²) >= 11 is 3.43. The van der Waals surface area contributed by atoms with Crippen LogP contribution in [0.15, 0.2) is 29.0 Å². The minimum atomic E-state index is 0.300. The second-order valence-electron chi connectivity index (χ2n) is 5.75. The topological polar surface area (TPSA) is 58.0 Å². The maximum Gasteiger partial charge on any atom is 0.112 e. The zero-order valence-electron chi connectivity index (χ0n) is 11.9. The smallest absolute Gasteiger partial charge is 0.112 e. The van der Waals surface area contributed by atoms with Crippen molar-refractivity contribution in [3.05, 3.63) is 29.0 Å². The van der Waals surface area contributed by atoms with Crippen LogP contribution >= 0.6 is 15.9 Å². The lowest BCUT2D eigenvalue weighted by atomic mass is 9.79. The number of aliphatic hydroxyl groups is 1. The number of hydrogen-bond donors (Lipinski definition) is 2. The summed E-state index contributed by atoms with van der Waals surface area (Å²) in [6.45, 7) is 1.19. The molecule has 2 unspecified atom stereocenters. The highest BCUT2D eigenvalue weighted by molar-refractivity contribution is 9.10. The van der Waals surface area contributed by atoms with Crippen molar-refractivity contribution in [3.63, 3.8) is 0 Å². The molecule has 5 heteroatoms. The van der Waals surface area contributed by atoms with Gasteiger partial charge in [-0.05, 0) is 52.7 Å². The molecule has 0 aliphatic heterocycles. The predicted molar refractivity (Wildman–Crippen MR) is 88.3 cm³/mol. The summed E-state index contributed by atoms with van der Waals surface area (Å²) in [6.07, 6.45) is 8.46. The van der Waals surface area contributed by atoms with Crippen LogP contribution in [0.4, 0.5) is 5.69 Å². The van der Waals surface area contributed by atoms with Gasteiger partial charge in [0.1, 0.15) is 5.52 Å². The predicted octanol–water partition coefficient (Wildman–Crippen LogP) is 3.60. The maximum absolute atomic E-state index is 9.51. The van der Waals surface area contributed by atoms with Crippen molar-refractivity contribution in [1.29, 1.82) is 0 Å². The molecule has 3 rings (SSSR count). The Bertz CT molecular complexity index is 619.